The molecule has 0 saturated carbocycles. The fraction of sp³-hybridized carbons (Fsp3) is 0.588. The van der Waals surface area contributed by atoms with Gasteiger partial charge in [-0.2, -0.15) is 4.98 Å². The number of aliphatic hydroxyl groups is 1. The molecule has 0 radical (unpaired) electrons. The molecule has 25 heavy (non-hydrogen) atoms. The molecule has 1 N–H and O–H groups in total. The number of carbonyl (C=O) groups is 1. The van der Waals surface area contributed by atoms with Crippen LogP contribution in [0.1, 0.15) is 25.7 Å². The van der Waals surface area contributed by atoms with Crippen molar-refractivity contribution in [1.29, 1.82) is 0 Å². The molecule has 8 heteroatoms. The predicted octanol–water partition coefficient (Wildman–Crippen LogP) is 1.18. The minimum atomic E-state index is 0.0970. The summed E-state index contributed by atoms with van der Waals surface area (Å²) in [7, 11) is 0. The number of hydrogen-bond donors (Lipinski definition) is 1. The summed E-state index contributed by atoms with van der Waals surface area (Å²) in [5.41, 5.74) is 0.756. The van der Waals surface area contributed by atoms with Gasteiger partial charge in [-0.15, -0.1) is 0 Å². The Kier molecular flexibility index (Phi) is 5.83. The molecule has 1 atom stereocenters. The summed E-state index contributed by atoms with van der Waals surface area (Å²) in [6.45, 7) is 5.23. The highest BCUT2D eigenvalue weighted by Gasteiger charge is 2.25. The maximum absolute atomic E-state index is 12.4. The summed E-state index contributed by atoms with van der Waals surface area (Å²) in [5.74, 6) is 1.02. The molecular weight excluding hydrogens is 324 g/mol. The van der Waals surface area contributed by atoms with Gasteiger partial charge in [0, 0.05) is 45.1 Å². The smallest absolute Gasteiger partial charge is 0.227 e. The van der Waals surface area contributed by atoms with E-state index in [2.05, 4.69) is 22.0 Å². The highest BCUT2D eigenvalue weighted by atomic mass is 16.5. The van der Waals surface area contributed by atoms with Gasteiger partial charge in [0.05, 0.1) is 18.4 Å². The van der Waals surface area contributed by atoms with Crippen LogP contribution in [0.25, 0.3) is 11.4 Å². The molecule has 1 unspecified atom stereocenters. The van der Waals surface area contributed by atoms with Crippen molar-refractivity contribution in [3.63, 3.8) is 0 Å². The summed E-state index contributed by atoms with van der Waals surface area (Å²) in [5, 5.41) is 13.3. The first-order valence-electron chi connectivity index (χ1n) is 8.69. The first-order valence-corrected chi connectivity index (χ1v) is 8.69. The summed E-state index contributed by atoms with van der Waals surface area (Å²) in [6.07, 6.45) is 4.80. The lowest BCUT2D eigenvalue weighted by Gasteiger charge is -2.38. The third-order valence-corrected chi connectivity index (χ3v) is 4.67. The highest BCUT2D eigenvalue weighted by molar-refractivity contribution is 5.76. The van der Waals surface area contributed by atoms with E-state index in [0.717, 1.165) is 25.1 Å². The van der Waals surface area contributed by atoms with E-state index in [1.807, 2.05) is 4.90 Å². The number of rotatable bonds is 7. The monoisotopic (exact) mass is 348 g/mol. The molecule has 0 spiro atoms. The van der Waals surface area contributed by atoms with Crippen LogP contribution in [0.3, 0.4) is 0 Å². The van der Waals surface area contributed by atoms with Crippen molar-refractivity contribution in [3.05, 3.63) is 24.5 Å². The maximum atomic E-state index is 12.4. The Morgan fingerprint density at radius 1 is 1.36 bits per heavy atom. The van der Waals surface area contributed by atoms with Crippen molar-refractivity contribution in [2.45, 2.75) is 32.2 Å². The molecule has 1 aliphatic heterocycles. The zero-order valence-corrected chi connectivity index (χ0v) is 14.4. The minimum Gasteiger partial charge on any atom is -0.472 e. The Morgan fingerprint density at radius 2 is 2.16 bits per heavy atom. The SMILES string of the molecule is CCC(CO)N1CCN(C(=O)CCc2nc(-c3ccoc3)no2)CC1. The van der Waals surface area contributed by atoms with E-state index in [0.29, 0.717) is 37.6 Å². The van der Waals surface area contributed by atoms with Crippen LogP contribution in [-0.4, -0.2) is 69.8 Å². The summed E-state index contributed by atoms with van der Waals surface area (Å²) >= 11 is 0. The second-order valence-corrected chi connectivity index (χ2v) is 6.19. The molecule has 3 rings (SSSR count). The Balaban J connectivity index is 1.46. The Bertz CT molecular complexity index is 658. The number of aliphatic hydroxyl groups excluding tert-OH is 1. The van der Waals surface area contributed by atoms with Crippen LogP contribution in [-0.2, 0) is 11.2 Å². The van der Waals surface area contributed by atoms with Crippen LogP contribution < -0.4 is 0 Å². The second kappa shape index (κ2) is 8.26. The van der Waals surface area contributed by atoms with Crippen molar-refractivity contribution in [2.75, 3.05) is 32.8 Å². The fourth-order valence-corrected chi connectivity index (χ4v) is 3.08. The number of nitrogens with zero attached hydrogens (tertiary/aromatic N) is 4. The standard InChI is InChI=1S/C17H24N4O4/c1-2-14(11-22)20-6-8-21(9-7-20)16(23)4-3-15-18-17(19-25-15)13-5-10-24-12-13/h5,10,12,14,22H,2-4,6-9,11H2,1H3. The number of furan rings is 1. The van der Waals surface area contributed by atoms with Gasteiger partial charge in [-0.05, 0) is 12.5 Å². The van der Waals surface area contributed by atoms with Gasteiger partial charge in [0.25, 0.3) is 0 Å². The van der Waals surface area contributed by atoms with Crippen molar-refractivity contribution in [3.8, 4) is 11.4 Å². The van der Waals surface area contributed by atoms with Crippen LogP contribution in [0.2, 0.25) is 0 Å². The fourth-order valence-electron chi connectivity index (χ4n) is 3.08. The van der Waals surface area contributed by atoms with E-state index in [-0.39, 0.29) is 18.6 Å². The molecule has 0 aliphatic carbocycles. The van der Waals surface area contributed by atoms with Gasteiger partial charge in [0.15, 0.2) is 0 Å². The molecule has 0 bridgehead atoms. The van der Waals surface area contributed by atoms with Gasteiger partial charge in [-0.25, -0.2) is 0 Å². The number of aromatic nitrogens is 2. The van der Waals surface area contributed by atoms with E-state index < -0.39 is 0 Å². The Hall–Kier alpha value is -2.19. The van der Waals surface area contributed by atoms with E-state index in [1.165, 1.54) is 0 Å². The maximum Gasteiger partial charge on any atom is 0.227 e. The Labute approximate surface area is 146 Å². The van der Waals surface area contributed by atoms with E-state index in [4.69, 9.17) is 8.94 Å². The largest absolute Gasteiger partial charge is 0.472 e. The van der Waals surface area contributed by atoms with Crippen LogP contribution in [0.5, 0.6) is 0 Å². The third kappa shape index (κ3) is 4.26. The van der Waals surface area contributed by atoms with Crippen LogP contribution >= 0.6 is 0 Å². The second-order valence-electron chi connectivity index (χ2n) is 6.19. The zero-order valence-electron chi connectivity index (χ0n) is 14.4. The molecule has 1 saturated heterocycles. The molecule has 2 aromatic heterocycles. The quantitative estimate of drug-likeness (QED) is 0.802. The molecular formula is C17H24N4O4. The molecule has 1 amide bonds. The molecule has 1 aliphatic rings. The molecule has 1 fully saturated rings. The predicted molar refractivity (Wildman–Crippen MR) is 89.6 cm³/mol. The lowest BCUT2D eigenvalue weighted by molar-refractivity contribution is -0.133. The molecule has 8 nitrogen and oxygen atoms in total. The topological polar surface area (TPSA) is 95.8 Å². The van der Waals surface area contributed by atoms with Gasteiger partial charge >= 0.3 is 0 Å². The number of aryl methyl sites for hydroxylation is 1. The van der Waals surface area contributed by atoms with Crippen molar-refractivity contribution >= 4 is 5.91 Å². The third-order valence-electron chi connectivity index (χ3n) is 4.67. The van der Waals surface area contributed by atoms with Crippen molar-refractivity contribution in [1.82, 2.24) is 19.9 Å². The lowest BCUT2D eigenvalue weighted by Crippen LogP contribution is -2.52. The van der Waals surface area contributed by atoms with E-state index >= 15 is 0 Å². The average Bonchev–Trinajstić information content (AvgIpc) is 3.33. The number of amides is 1. The highest BCUT2D eigenvalue weighted by Crippen LogP contribution is 2.17. The molecule has 0 aromatic carbocycles. The van der Waals surface area contributed by atoms with Gasteiger partial charge in [-0.1, -0.05) is 12.1 Å². The molecule has 3 heterocycles. The Morgan fingerprint density at radius 3 is 2.80 bits per heavy atom. The minimum absolute atomic E-state index is 0.0970. The lowest BCUT2D eigenvalue weighted by atomic mass is 10.1. The van der Waals surface area contributed by atoms with Crippen molar-refractivity contribution < 1.29 is 18.8 Å². The van der Waals surface area contributed by atoms with Crippen LogP contribution in [0.15, 0.2) is 27.5 Å². The van der Waals surface area contributed by atoms with Gasteiger partial charge in [0.2, 0.25) is 17.6 Å². The summed E-state index contributed by atoms with van der Waals surface area (Å²) in [4.78, 5) is 20.8. The molecule has 2 aromatic rings. The zero-order chi connectivity index (χ0) is 17.6. The van der Waals surface area contributed by atoms with Gasteiger partial charge in [0.1, 0.15) is 6.26 Å². The van der Waals surface area contributed by atoms with Gasteiger partial charge < -0.3 is 18.9 Å². The van der Waals surface area contributed by atoms with E-state index in [9.17, 15) is 9.90 Å². The first-order chi connectivity index (χ1) is 12.2. The van der Waals surface area contributed by atoms with Crippen LogP contribution in [0, 0.1) is 0 Å². The average molecular weight is 348 g/mol. The first kappa shape index (κ1) is 17.6. The number of piperazine rings is 1. The number of carbonyl (C=O) groups excluding carboxylic acids is 1. The molecule has 136 valence electrons. The summed E-state index contributed by atoms with van der Waals surface area (Å²) in [6, 6.07) is 1.95. The van der Waals surface area contributed by atoms with E-state index in [1.54, 1.807) is 18.6 Å². The van der Waals surface area contributed by atoms with Gasteiger partial charge in [-0.3, -0.25) is 9.69 Å². The normalized spacial score (nSPS) is 17.0. The summed E-state index contributed by atoms with van der Waals surface area (Å²) < 4.78 is 10.2. The number of hydrogen-bond acceptors (Lipinski definition) is 7. The van der Waals surface area contributed by atoms with Crippen molar-refractivity contribution in [2.24, 2.45) is 0 Å². The van der Waals surface area contributed by atoms with Crippen LogP contribution in [0.4, 0.5) is 0 Å².